The number of aromatic amines is 1. The standard InChI is InChI=1S/C23H25N5O2/c1-15-19(14-24-28(15)23-25-20-9-5-8-18(20)21(29)26-23)22(30)27-12-10-17(11-13-27)16-6-3-2-4-7-16/h2-4,6-7,14,17H,5,8-13H2,1H3,(H,25,26,29). The smallest absolute Gasteiger partial charge is 0.257 e. The van der Waals surface area contributed by atoms with E-state index in [-0.39, 0.29) is 11.5 Å². The van der Waals surface area contributed by atoms with Crippen molar-refractivity contribution < 1.29 is 4.79 Å². The predicted molar refractivity (Wildman–Crippen MR) is 113 cm³/mol. The maximum Gasteiger partial charge on any atom is 0.257 e. The van der Waals surface area contributed by atoms with Crippen LogP contribution < -0.4 is 5.56 Å². The van der Waals surface area contributed by atoms with Crippen molar-refractivity contribution in [2.45, 2.75) is 44.9 Å². The highest BCUT2D eigenvalue weighted by Crippen LogP contribution is 2.29. The fourth-order valence-corrected chi connectivity index (χ4v) is 4.67. The molecule has 1 fully saturated rings. The quantitative estimate of drug-likeness (QED) is 0.729. The van der Waals surface area contributed by atoms with Crippen molar-refractivity contribution in [1.82, 2.24) is 24.6 Å². The van der Waals surface area contributed by atoms with Gasteiger partial charge in [-0.3, -0.25) is 14.6 Å². The molecule has 1 saturated heterocycles. The van der Waals surface area contributed by atoms with Gasteiger partial charge in [-0.25, -0.2) is 9.67 Å². The minimum Gasteiger partial charge on any atom is -0.338 e. The molecule has 0 unspecified atom stereocenters. The Kier molecular flexibility index (Phi) is 4.73. The number of benzene rings is 1. The SMILES string of the molecule is Cc1c(C(=O)N2CCC(c3ccccc3)CC2)cnn1-c1nc2c(c(=O)[nH]1)CCC2. The molecule has 0 atom stereocenters. The van der Waals surface area contributed by atoms with E-state index in [2.05, 4.69) is 39.3 Å². The van der Waals surface area contributed by atoms with Crippen LogP contribution in [0.2, 0.25) is 0 Å². The van der Waals surface area contributed by atoms with Crippen LogP contribution in [0.3, 0.4) is 0 Å². The maximum absolute atomic E-state index is 13.1. The molecule has 1 aliphatic heterocycles. The van der Waals surface area contributed by atoms with Crippen LogP contribution in [0.4, 0.5) is 0 Å². The number of carbonyl (C=O) groups is 1. The van der Waals surface area contributed by atoms with Gasteiger partial charge in [0.2, 0.25) is 5.95 Å². The van der Waals surface area contributed by atoms with Crippen molar-refractivity contribution in [2.75, 3.05) is 13.1 Å². The Morgan fingerprint density at radius 2 is 1.90 bits per heavy atom. The molecular formula is C23H25N5O2. The van der Waals surface area contributed by atoms with Gasteiger partial charge in [0, 0.05) is 18.7 Å². The molecule has 5 rings (SSSR count). The summed E-state index contributed by atoms with van der Waals surface area (Å²) in [6.07, 6.45) is 6.06. The van der Waals surface area contributed by atoms with Crippen LogP contribution in [-0.4, -0.2) is 43.6 Å². The van der Waals surface area contributed by atoms with Gasteiger partial charge in [-0.15, -0.1) is 0 Å². The number of rotatable bonds is 3. The molecule has 30 heavy (non-hydrogen) atoms. The molecule has 1 aromatic carbocycles. The van der Waals surface area contributed by atoms with Gasteiger partial charge in [0.25, 0.3) is 11.5 Å². The van der Waals surface area contributed by atoms with Crippen molar-refractivity contribution in [2.24, 2.45) is 0 Å². The third-order valence-electron chi connectivity index (χ3n) is 6.42. The highest BCUT2D eigenvalue weighted by Gasteiger charge is 2.27. The summed E-state index contributed by atoms with van der Waals surface area (Å²) in [7, 11) is 0. The molecule has 1 N–H and O–H groups in total. The summed E-state index contributed by atoms with van der Waals surface area (Å²) >= 11 is 0. The van der Waals surface area contributed by atoms with E-state index >= 15 is 0 Å². The van der Waals surface area contributed by atoms with Gasteiger partial charge in [-0.1, -0.05) is 30.3 Å². The monoisotopic (exact) mass is 403 g/mol. The summed E-state index contributed by atoms with van der Waals surface area (Å²) in [5.74, 6) is 0.883. The molecule has 0 saturated carbocycles. The van der Waals surface area contributed by atoms with Crippen molar-refractivity contribution in [1.29, 1.82) is 0 Å². The number of fused-ring (bicyclic) bond motifs is 1. The molecule has 1 amide bonds. The van der Waals surface area contributed by atoms with Crippen LogP contribution in [0.5, 0.6) is 0 Å². The van der Waals surface area contributed by atoms with Gasteiger partial charge in [-0.2, -0.15) is 5.10 Å². The zero-order chi connectivity index (χ0) is 20.7. The number of nitrogens with zero attached hydrogens (tertiary/aromatic N) is 4. The number of likely N-dealkylation sites (tertiary alicyclic amines) is 1. The number of hydrogen-bond acceptors (Lipinski definition) is 4. The van der Waals surface area contributed by atoms with E-state index in [1.165, 1.54) is 5.56 Å². The lowest BCUT2D eigenvalue weighted by atomic mass is 9.89. The van der Waals surface area contributed by atoms with E-state index in [0.717, 1.165) is 56.5 Å². The molecule has 1 aliphatic carbocycles. The maximum atomic E-state index is 13.1. The van der Waals surface area contributed by atoms with Crippen molar-refractivity contribution in [3.05, 3.63) is 75.0 Å². The highest BCUT2D eigenvalue weighted by molar-refractivity contribution is 5.95. The number of amides is 1. The predicted octanol–water partition coefficient (Wildman–Crippen LogP) is 2.77. The summed E-state index contributed by atoms with van der Waals surface area (Å²) < 4.78 is 1.57. The van der Waals surface area contributed by atoms with Gasteiger partial charge >= 0.3 is 0 Å². The molecule has 0 bridgehead atoms. The first-order chi connectivity index (χ1) is 14.6. The van der Waals surface area contributed by atoms with Crippen molar-refractivity contribution >= 4 is 5.91 Å². The van der Waals surface area contributed by atoms with Gasteiger partial charge in [-0.05, 0) is 50.5 Å². The fourth-order valence-electron chi connectivity index (χ4n) is 4.67. The minimum atomic E-state index is -0.0988. The second kappa shape index (κ2) is 7.55. The molecule has 3 heterocycles. The minimum absolute atomic E-state index is 0.00577. The topological polar surface area (TPSA) is 83.9 Å². The summed E-state index contributed by atoms with van der Waals surface area (Å²) in [5, 5.41) is 4.37. The van der Waals surface area contributed by atoms with E-state index < -0.39 is 0 Å². The number of carbonyl (C=O) groups excluding carboxylic acids is 1. The van der Waals surface area contributed by atoms with Crippen LogP contribution >= 0.6 is 0 Å². The molecule has 0 spiro atoms. The van der Waals surface area contributed by atoms with Crippen molar-refractivity contribution in [3.63, 3.8) is 0 Å². The highest BCUT2D eigenvalue weighted by atomic mass is 16.2. The third kappa shape index (κ3) is 3.24. The lowest BCUT2D eigenvalue weighted by molar-refractivity contribution is 0.0712. The van der Waals surface area contributed by atoms with Crippen LogP contribution in [0.25, 0.3) is 5.95 Å². The van der Waals surface area contributed by atoms with Crippen molar-refractivity contribution in [3.8, 4) is 5.95 Å². The number of piperidine rings is 1. The summed E-state index contributed by atoms with van der Waals surface area (Å²) in [6, 6.07) is 10.5. The number of aromatic nitrogens is 4. The summed E-state index contributed by atoms with van der Waals surface area (Å²) in [4.78, 5) is 34.8. The first kappa shape index (κ1) is 18.8. The Balaban J connectivity index is 1.34. The zero-order valence-corrected chi connectivity index (χ0v) is 17.1. The van der Waals surface area contributed by atoms with Crippen LogP contribution in [0.1, 0.15) is 58.1 Å². The first-order valence-corrected chi connectivity index (χ1v) is 10.6. The molecule has 3 aromatic rings. The molecule has 2 aliphatic rings. The zero-order valence-electron chi connectivity index (χ0n) is 17.1. The van der Waals surface area contributed by atoms with E-state index in [9.17, 15) is 9.59 Å². The summed E-state index contributed by atoms with van der Waals surface area (Å²) in [5.41, 5.74) is 4.14. The second-order valence-corrected chi connectivity index (χ2v) is 8.20. The van der Waals surface area contributed by atoms with Gasteiger partial charge in [0.1, 0.15) is 0 Å². The lowest BCUT2D eigenvalue weighted by Gasteiger charge is -2.32. The fraction of sp³-hybridized carbons (Fsp3) is 0.391. The van der Waals surface area contributed by atoms with E-state index in [4.69, 9.17) is 0 Å². The largest absolute Gasteiger partial charge is 0.338 e. The average molecular weight is 403 g/mol. The normalized spacial score (nSPS) is 16.6. The number of aryl methyl sites for hydroxylation is 1. The van der Waals surface area contributed by atoms with Crippen LogP contribution in [0.15, 0.2) is 41.3 Å². The molecule has 7 heteroatoms. The van der Waals surface area contributed by atoms with Crippen LogP contribution in [0, 0.1) is 6.92 Å². The number of hydrogen-bond donors (Lipinski definition) is 1. The number of nitrogens with one attached hydrogen (secondary N) is 1. The molecule has 2 aromatic heterocycles. The van der Waals surface area contributed by atoms with E-state index in [1.54, 1.807) is 10.9 Å². The Hall–Kier alpha value is -3.22. The Labute approximate surface area is 174 Å². The van der Waals surface area contributed by atoms with Gasteiger partial charge < -0.3 is 4.90 Å². The Bertz CT molecular complexity index is 1140. The molecule has 0 radical (unpaired) electrons. The van der Waals surface area contributed by atoms with E-state index in [0.29, 0.717) is 23.1 Å². The Morgan fingerprint density at radius 3 is 2.67 bits per heavy atom. The van der Waals surface area contributed by atoms with Gasteiger partial charge in [0.15, 0.2) is 0 Å². The van der Waals surface area contributed by atoms with Crippen LogP contribution in [-0.2, 0) is 12.8 Å². The molecule has 7 nitrogen and oxygen atoms in total. The summed E-state index contributed by atoms with van der Waals surface area (Å²) in [6.45, 7) is 3.32. The second-order valence-electron chi connectivity index (χ2n) is 8.20. The van der Waals surface area contributed by atoms with E-state index in [1.807, 2.05) is 17.9 Å². The molecule has 154 valence electrons. The molecular weight excluding hydrogens is 378 g/mol. The lowest BCUT2D eigenvalue weighted by Crippen LogP contribution is -2.38. The van der Waals surface area contributed by atoms with Gasteiger partial charge in [0.05, 0.1) is 23.1 Å². The first-order valence-electron chi connectivity index (χ1n) is 10.6. The number of H-pyrrole nitrogens is 1. The average Bonchev–Trinajstić information content (AvgIpc) is 3.41. The Morgan fingerprint density at radius 1 is 1.13 bits per heavy atom. The third-order valence-corrected chi connectivity index (χ3v) is 6.42.